The summed E-state index contributed by atoms with van der Waals surface area (Å²) in [6.45, 7) is 5.17. The number of hydrogen-bond acceptors (Lipinski definition) is 3. The van der Waals surface area contributed by atoms with Gasteiger partial charge in [0.1, 0.15) is 0 Å². The fraction of sp³-hybridized carbons (Fsp3) is 0.909. The van der Waals surface area contributed by atoms with E-state index in [9.17, 15) is 4.79 Å². The van der Waals surface area contributed by atoms with E-state index in [0.29, 0.717) is 6.54 Å². The molecule has 0 aromatic carbocycles. The van der Waals surface area contributed by atoms with Crippen LogP contribution in [0.25, 0.3) is 0 Å². The summed E-state index contributed by atoms with van der Waals surface area (Å²) in [5, 5.41) is 12.1. The molecule has 1 saturated heterocycles. The van der Waals surface area contributed by atoms with Crippen LogP contribution in [0.4, 0.5) is 0 Å². The lowest BCUT2D eigenvalue weighted by Gasteiger charge is -2.29. The molecule has 0 bridgehead atoms. The summed E-state index contributed by atoms with van der Waals surface area (Å²) in [5.74, 6) is 0.329. The minimum absolute atomic E-state index is 0.0614. The van der Waals surface area contributed by atoms with E-state index in [1.54, 1.807) is 4.90 Å². The van der Waals surface area contributed by atoms with Crippen molar-refractivity contribution in [2.45, 2.75) is 26.2 Å². The molecular weight excluding hydrogens is 192 g/mol. The molecule has 0 aliphatic carbocycles. The standard InChI is InChI=1S/C11H22N2O2/c1-2-6-13(7-8-14)11(15)10-4-3-5-12-9-10/h10,12,14H,2-9H2,1H3. The second kappa shape index (κ2) is 6.80. The minimum Gasteiger partial charge on any atom is -0.395 e. The molecule has 1 fully saturated rings. The predicted molar refractivity (Wildman–Crippen MR) is 59.6 cm³/mol. The number of piperidine rings is 1. The Morgan fingerprint density at radius 2 is 2.33 bits per heavy atom. The van der Waals surface area contributed by atoms with Crippen LogP contribution in [-0.2, 0) is 4.79 Å². The van der Waals surface area contributed by atoms with Gasteiger partial charge in [-0.1, -0.05) is 6.92 Å². The van der Waals surface area contributed by atoms with Crippen LogP contribution >= 0.6 is 0 Å². The fourth-order valence-electron chi connectivity index (χ4n) is 2.04. The second-order valence-electron chi connectivity index (χ2n) is 4.09. The van der Waals surface area contributed by atoms with Crippen LogP contribution in [0, 0.1) is 5.92 Å². The van der Waals surface area contributed by atoms with Gasteiger partial charge in [0.2, 0.25) is 5.91 Å². The lowest BCUT2D eigenvalue weighted by atomic mass is 9.98. The van der Waals surface area contributed by atoms with Crippen LogP contribution in [0.15, 0.2) is 0 Å². The summed E-state index contributed by atoms with van der Waals surface area (Å²) in [4.78, 5) is 13.8. The Labute approximate surface area is 91.6 Å². The number of aliphatic hydroxyl groups is 1. The SMILES string of the molecule is CCCN(CCO)C(=O)C1CCCNC1. The normalized spacial score (nSPS) is 21.3. The maximum Gasteiger partial charge on any atom is 0.227 e. The number of carbonyl (C=O) groups is 1. The van der Waals surface area contributed by atoms with Crippen molar-refractivity contribution in [2.75, 3.05) is 32.8 Å². The van der Waals surface area contributed by atoms with Crippen molar-refractivity contribution in [3.05, 3.63) is 0 Å². The zero-order chi connectivity index (χ0) is 11.1. The molecule has 0 spiro atoms. The van der Waals surface area contributed by atoms with Crippen LogP contribution in [0.5, 0.6) is 0 Å². The molecule has 0 aromatic rings. The summed E-state index contributed by atoms with van der Waals surface area (Å²) in [7, 11) is 0. The van der Waals surface area contributed by atoms with Crippen molar-refractivity contribution in [1.82, 2.24) is 10.2 Å². The summed E-state index contributed by atoms with van der Waals surface area (Å²) in [5.41, 5.74) is 0. The van der Waals surface area contributed by atoms with Gasteiger partial charge >= 0.3 is 0 Å². The molecule has 1 amide bonds. The maximum absolute atomic E-state index is 12.1. The fourth-order valence-corrected chi connectivity index (χ4v) is 2.04. The highest BCUT2D eigenvalue weighted by molar-refractivity contribution is 5.79. The first-order valence-corrected chi connectivity index (χ1v) is 5.90. The molecule has 0 saturated carbocycles. The molecule has 4 heteroatoms. The van der Waals surface area contributed by atoms with Gasteiger partial charge in [0.05, 0.1) is 12.5 Å². The van der Waals surface area contributed by atoms with Gasteiger partial charge in [-0.05, 0) is 25.8 Å². The number of carbonyl (C=O) groups excluding carboxylic acids is 1. The van der Waals surface area contributed by atoms with E-state index in [-0.39, 0.29) is 18.4 Å². The lowest BCUT2D eigenvalue weighted by Crippen LogP contribution is -2.44. The number of nitrogens with zero attached hydrogens (tertiary/aromatic N) is 1. The van der Waals surface area contributed by atoms with E-state index < -0.39 is 0 Å². The Bertz CT molecular complexity index is 185. The van der Waals surface area contributed by atoms with Crippen molar-refractivity contribution >= 4 is 5.91 Å². The van der Waals surface area contributed by atoms with Gasteiger partial charge in [-0.2, -0.15) is 0 Å². The van der Waals surface area contributed by atoms with E-state index in [1.807, 2.05) is 0 Å². The van der Waals surface area contributed by atoms with Crippen molar-refractivity contribution in [3.8, 4) is 0 Å². The summed E-state index contributed by atoms with van der Waals surface area (Å²) in [6.07, 6.45) is 3.01. The van der Waals surface area contributed by atoms with Gasteiger partial charge < -0.3 is 15.3 Å². The quantitative estimate of drug-likeness (QED) is 0.688. The third-order valence-electron chi connectivity index (χ3n) is 2.82. The van der Waals surface area contributed by atoms with Gasteiger partial charge in [-0.15, -0.1) is 0 Å². The average Bonchev–Trinajstić information content (AvgIpc) is 2.29. The molecular formula is C11H22N2O2. The summed E-state index contributed by atoms with van der Waals surface area (Å²) < 4.78 is 0. The van der Waals surface area contributed by atoms with Crippen molar-refractivity contribution in [2.24, 2.45) is 5.92 Å². The molecule has 0 radical (unpaired) electrons. The van der Waals surface area contributed by atoms with Gasteiger partial charge in [-0.3, -0.25) is 4.79 Å². The van der Waals surface area contributed by atoms with Crippen LogP contribution in [0.2, 0.25) is 0 Å². The largest absolute Gasteiger partial charge is 0.395 e. The van der Waals surface area contributed by atoms with E-state index in [0.717, 1.165) is 38.9 Å². The van der Waals surface area contributed by atoms with Crippen LogP contribution < -0.4 is 5.32 Å². The molecule has 1 unspecified atom stereocenters. The molecule has 15 heavy (non-hydrogen) atoms. The molecule has 4 nitrogen and oxygen atoms in total. The Morgan fingerprint density at radius 3 is 2.87 bits per heavy atom. The highest BCUT2D eigenvalue weighted by atomic mass is 16.3. The third kappa shape index (κ3) is 3.80. The second-order valence-corrected chi connectivity index (χ2v) is 4.09. The first kappa shape index (κ1) is 12.5. The molecule has 1 rings (SSSR count). The molecule has 0 aromatic heterocycles. The van der Waals surface area contributed by atoms with Gasteiger partial charge in [0.15, 0.2) is 0 Å². The first-order valence-electron chi connectivity index (χ1n) is 5.90. The topological polar surface area (TPSA) is 52.6 Å². The average molecular weight is 214 g/mol. The zero-order valence-electron chi connectivity index (χ0n) is 9.54. The molecule has 1 aliphatic rings. The maximum atomic E-state index is 12.1. The Hall–Kier alpha value is -0.610. The Morgan fingerprint density at radius 1 is 1.53 bits per heavy atom. The Balaban J connectivity index is 2.45. The molecule has 1 aliphatic heterocycles. The third-order valence-corrected chi connectivity index (χ3v) is 2.82. The minimum atomic E-state index is 0.0614. The van der Waals surface area contributed by atoms with Crippen molar-refractivity contribution < 1.29 is 9.90 Å². The van der Waals surface area contributed by atoms with Crippen LogP contribution in [0.3, 0.4) is 0 Å². The Kier molecular flexibility index (Phi) is 5.65. The van der Waals surface area contributed by atoms with E-state index in [1.165, 1.54) is 0 Å². The van der Waals surface area contributed by atoms with Crippen molar-refractivity contribution in [3.63, 3.8) is 0 Å². The number of aliphatic hydroxyl groups excluding tert-OH is 1. The smallest absolute Gasteiger partial charge is 0.227 e. The molecule has 1 heterocycles. The van der Waals surface area contributed by atoms with Gasteiger partial charge in [0.25, 0.3) is 0 Å². The number of amides is 1. The predicted octanol–water partition coefficient (Wildman–Crippen LogP) is 0.217. The molecule has 1 atom stereocenters. The van der Waals surface area contributed by atoms with E-state index in [2.05, 4.69) is 12.2 Å². The van der Waals surface area contributed by atoms with E-state index >= 15 is 0 Å². The first-order chi connectivity index (χ1) is 7.29. The highest BCUT2D eigenvalue weighted by Gasteiger charge is 2.24. The molecule has 2 N–H and O–H groups in total. The number of nitrogens with one attached hydrogen (secondary N) is 1. The summed E-state index contributed by atoms with van der Waals surface area (Å²) >= 11 is 0. The number of hydrogen-bond donors (Lipinski definition) is 2. The summed E-state index contributed by atoms with van der Waals surface area (Å²) in [6, 6.07) is 0. The van der Waals surface area contributed by atoms with Gasteiger partial charge in [0, 0.05) is 19.6 Å². The number of rotatable bonds is 5. The van der Waals surface area contributed by atoms with Crippen LogP contribution in [-0.4, -0.2) is 48.7 Å². The van der Waals surface area contributed by atoms with Crippen molar-refractivity contribution in [1.29, 1.82) is 0 Å². The molecule has 88 valence electrons. The van der Waals surface area contributed by atoms with Gasteiger partial charge in [-0.25, -0.2) is 0 Å². The van der Waals surface area contributed by atoms with E-state index in [4.69, 9.17) is 5.11 Å². The monoisotopic (exact) mass is 214 g/mol. The lowest BCUT2D eigenvalue weighted by molar-refractivity contribution is -0.136. The zero-order valence-corrected chi connectivity index (χ0v) is 9.54. The van der Waals surface area contributed by atoms with Crippen LogP contribution in [0.1, 0.15) is 26.2 Å². The highest BCUT2D eigenvalue weighted by Crippen LogP contribution is 2.13.